The van der Waals surface area contributed by atoms with Crippen molar-refractivity contribution in [2.24, 2.45) is 0 Å². The Labute approximate surface area is 119 Å². The monoisotopic (exact) mass is 276 g/mol. The van der Waals surface area contributed by atoms with Crippen LogP contribution in [0.1, 0.15) is 38.7 Å². The van der Waals surface area contributed by atoms with Crippen LogP contribution in [0.2, 0.25) is 0 Å². The van der Waals surface area contributed by atoms with Gasteiger partial charge in [0.05, 0.1) is 18.3 Å². The van der Waals surface area contributed by atoms with E-state index in [0.29, 0.717) is 25.1 Å². The van der Waals surface area contributed by atoms with Crippen LogP contribution in [0.4, 0.5) is 10.1 Å². The number of ether oxygens (including phenoxy) is 1. The van der Waals surface area contributed by atoms with Crippen molar-refractivity contribution in [3.8, 4) is 6.07 Å². The van der Waals surface area contributed by atoms with Crippen molar-refractivity contribution >= 4 is 5.69 Å². The number of hydrogen-bond donors (Lipinski definition) is 1. The Morgan fingerprint density at radius 2 is 2.20 bits per heavy atom. The Balaban J connectivity index is 2.26. The molecule has 108 valence electrons. The molecule has 1 aromatic carbocycles. The zero-order valence-corrected chi connectivity index (χ0v) is 12.3. The van der Waals surface area contributed by atoms with Crippen molar-refractivity contribution < 1.29 is 9.13 Å². The minimum atomic E-state index is -0.691. The molecule has 3 nitrogen and oxygen atoms in total. The summed E-state index contributed by atoms with van der Waals surface area (Å²) < 4.78 is 19.3. The molecule has 1 fully saturated rings. The predicted octanol–water partition coefficient (Wildman–Crippen LogP) is 3.79. The molecular weight excluding hydrogens is 255 g/mol. The maximum Gasteiger partial charge on any atom is 0.130 e. The van der Waals surface area contributed by atoms with Crippen LogP contribution in [-0.4, -0.2) is 17.7 Å². The second-order valence-corrected chi connectivity index (χ2v) is 5.91. The molecule has 1 N–H and O–H groups in total. The number of nitriles is 1. The molecule has 1 aromatic rings. The maximum absolute atomic E-state index is 13.5. The number of rotatable bonds is 3. The van der Waals surface area contributed by atoms with Crippen LogP contribution in [0.25, 0.3) is 0 Å². The standard InChI is InChI=1S/C16H21FN2O/c1-4-15(3)10-16(11-18,5-6-20-15)19-14-8-12(2)7-13(17)9-14/h7-9,19H,4-6,10H2,1-3H3. The third kappa shape index (κ3) is 3.10. The summed E-state index contributed by atoms with van der Waals surface area (Å²) in [4.78, 5) is 0. The van der Waals surface area contributed by atoms with Crippen molar-refractivity contribution in [2.45, 2.75) is 51.2 Å². The summed E-state index contributed by atoms with van der Waals surface area (Å²) in [5.74, 6) is -0.286. The van der Waals surface area contributed by atoms with E-state index < -0.39 is 5.54 Å². The van der Waals surface area contributed by atoms with E-state index in [1.807, 2.05) is 19.9 Å². The highest BCUT2D eigenvalue weighted by Gasteiger charge is 2.42. The molecule has 0 aliphatic carbocycles. The molecule has 2 rings (SSSR count). The van der Waals surface area contributed by atoms with Gasteiger partial charge < -0.3 is 10.1 Å². The summed E-state index contributed by atoms with van der Waals surface area (Å²) in [5, 5.41) is 12.8. The lowest BCUT2D eigenvalue weighted by atomic mass is 9.80. The Kier molecular flexibility index (Phi) is 4.01. The van der Waals surface area contributed by atoms with Crippen molar-refractivity contribution in [2.75, 3.05) is 11.9 Å². The molecule has 0 saturated carbocycles. The molecule has 1 aliphatic heterocycles. The lowest BCUT2D eigenvalue weighted by Crippen LogP contribution is -2.50. The number of aryl methyl sites for hydroxylation is 1. The van der Waals surface area contributed by atoms with Gasteiger partial charge in [-0.2, -0.15) is 5.26 Å². The summed E-state index contributed by atoms with van der Waals surface area (Å²) in [5.41, 5.74) is 0.502. The third-order valence-electron chi connectivity index (χ3n) is 4.04. The highest BCUT2D eigenvalue weighted by molar-refractivity contribution is 5.50. The molecule has 0 aromatic heterocycles. The molecule has 0 amide bonds. The Morgan fingerprint density at radius 3 is 2.80 bits per heavy atom. The number of nitrogens with one attached hydrogen (secondary N) is 1. The first-order valence-corrected chi connectivity index (χ1v) is 7.01. The van der Waals surface area contributed by atoms with Gasteiger partial charge >= 0.3 is 0 Å². The summed E-state index contributed by atoms with van der Waals surface area (Å²) in [6, 6.07) is 7.15. The molecule has 0 bridgehead atoms. The number of halogens is 1. The normalized spacial score (nSPS) is 29.8. The second kappa shape index (κ2) is 5.41. The van der Waals surface area contributed by atoms with Crippen LogP contribution < -0.4 is 5.32 Å². The van der Waals surface area contributed by atoms with Crippen LogP contribution in [0.3, 0.4) is 0 Å². The van der Waals surface area contributed by atoms with Crippen molar-refractivity contribution in [1.82, 2.24) is 0 Å². The summed E-state index contributed by atoms with van der Waals surface area (Å²) >= 11 is 0. The fourth-order valence-corrected chi connectivity index (χ4v) is 2.79. The summed E-state index contributed by atoms with van der Waals surface area (Å²) in [6.45, 7) is 6.46. The first kappa shape index (κ1) is 14.8. The molecule has 1 saturated heterocycles. The fraction of sp³-hybridized carbons (Fsp3) is 0.562. The SMILES string of the molecule is CCC1(C)CC(C#N)(Nc2cc(C)cc(F)c2)CCO1. The van der Waals surface area contributed by atoms with E-state index in [1.165, 1.54) is 12.1 Å². The maximum atomic E-state index is 13.5. The van der Waals surface area contributed by atoms with E-state index in [-0.39, 0.29) is 11.4 Å². The number of nitrogens with zero attached hydrogens (tertiary/aromatic N) is 1. The van der Waals surface area contributed by atoms with Crippen LogP contribution in [0.15, 0.2) is 18.2 Å². The number of hydrogen-bond acceptors (Lipinski definition) is 3. The highest BCUT2D eigenvalue weighted by Crippen LogP contribution is 2.36. The Hall–Kier alpha value is -1.60. The lowest BCUT2D eigenvalue weighted by Gasteiger charge is -2.43. The molecule has 1 heterocycles. The van der Waals surface area contributed by atoms with Crippen molar-refractivity contribution in [3.05, 3.63) is 29.6 Å². The molecule has 20 heavy (non-hydrogen) atoms. The van der Waals surface area contributed by atoms with Gasteiger partial charge in [0.15, 0.2) is 0 Å². The van der Waals surface area contributed by atoms with E-state index >= 15 is 0 Å². The Bertz CT molecular complexity index is 520. The quantitative estimate of drug-likeness (QED) is 0.913. The first-order valence-electron chi connectivity index (χ1n) is 7.01. The van der Waals surface area contributed by atoms with Crippen LogP contribution in [0.5, 0.6) is 0 Å². The minimum Gasteiger partial charge on any atom is -0.375 e. The summed E-state index contributed by atoms with van der Waals surface area (Å²) in [7, 11) is 0. The molecule has 0 radical (unpaired) electrons. The van der Waals surface area contributed by atoms with E-state index in [9.17, 15) is 9.65 Å². The van der Waals surface area contributed by atoms with E-state index in [2.05, 4.69) is 18.3 Å². The van der Waals surface area contributed by atoms with Crippen molar-refractivity contribution in [1.29, 1.82) is 5.26 Å². The number of benzene rings is 1. The van der Waals surface area contributed by atoms with Crippen LogP contribution in [-0.2, 0) is 4.74 Å². The Morgan fingerprint density at radius 1 is 1.45 bits per heavy atom. The van der Waals surface area contributed by atoms with E-state index in [1.54, 1.807) is 0 Å². The molecule has 0 spiro atoms. The summed E-state index contributed by atoms with van der Waals surface area (Å²) in [6.07, 6.45) is 2.05. The van der Waals surface area contributed by atoms with Gasteiger partial charge in [-0.15, -0.1) is 0 Å². The van der Waals surface area contributed by atoms with Gasteiger partial charge in [-0.3, -0.25) is 0 Å². The predicted molar refractivity (Wildman–Crippen MR) is 77.0 cm³/mol. The lowest BCUT2D eigenvalue weighted by molar-refractivity contribution is -0.0809. The first-order chi connectivity index (χ1) is 9.40. The van der Waals surface area contributed by atoms with Gasteiger partial charge in [0.25, 0.3) is 0 Å². The van der Waals surface area contributed by atoms with E-state index in [0.717, 1.165) is 12.0 Å². The third-order valence-corrected chi connectivity index (χ3v) is 4.04. The largest absolute Gasteiger partial charge is 0.375 e. The van der Waals surface area contributed by atoms with Gasteiger partial charge in [-0.05, 0) is 44.0 Å². The molecule has 1 aliphatic rings. The molecule has 2 unspecified atom stereocenters. The smallest absolute Gasteiger partial charge is 0.130 e. The fourth-order valence-electron chi connectivity index (χ4n) is 2.79. The zero-order valence-electron chi connectivity index (χ0n) is 12.3. The average molecular weight is 276 g/mol. The van der Waals surface area contributed by atoms with Gasteiger partial charge in [-0.25, -0.2) is 4.39 Å². The highest BCUT2D eigenvalue weighted by atomic mass is 19.1. The molecule has 4 heteroatoms. The second-order valence-electron chi connectivity index (χ2n) is 5.91. The zero-order chi connectivity index (χ0) is 14.8. The van der Waals surface area contributed by atoms with E-state index in [4.69, 9.17) is 4.74 Å². The van der Waals surface area contributed by atoms with Crippen LogP contribution in [0, 0.1) is 24.1 Å². The molecular formula is C16H21FN2O. The van der Waals surface area contributed by atoms with Crippen LogP contribution >= 0.6 is 0 Å². The minimum absolute atomic E-state index is 0.286. The average Bonchev–Trinajstić information content (AvgIpc) is 2.37. The van der Waals surface area contributed by atoms with Crippen molar-refractivity contribution in [3.63, 3.8) is 0 Å². The number of anilines is 1. The topological polar surface area (TPSA) is 45.0 Å². The van der Waals surface area contributed by atoms with Gasteiger partial charge in [0, 0.05) is 18.5 Å². The van der Waals surface area contributed by atoms with Gasteiger partial charge in [0.1, 0.15) is 11.4 Å². The van der Waals surface area contributed by atoms with Gasteiger partial charge in [0.2, 0.25) is 0 Å². The van der Waals surface area contributed by atoms with Gasteiger partial charge in [-0.1, -0.05) is 6.92 Å². The molecule has 2 atom stereocenters.